The van der Waals surface area contributed by atoms with Crippen molar-refractivity contribution < 1.29 is 18.0 Å². The highest BCUT2D eigenvalue weighted by atomic mass is 35.5. The second kappa shape index (κ2) is 8.94. The quantitative estimate of drug-likeness (QED) is 0.726. The summed E-state index contributed by atoms with van der Waals surface area (Å²) in [4.78, 5) is 24.3. The Hall–Kier alpha value is -2.42. The Morgan fingerprint density at radius 2 is 1.93 bits per heavy atom. The number of amides is 2. The Bertz CT molecular complexity index is 1030. The van der Waals surface area contributed by atoms with E-state index in [-0.39, 0.29) is 23.8 Å². The van der Waals surface area contributed by atoms with Gasteiger partial charge in [0.1, 0.15) is 0 Å². The van der Waals surface area contributed by atoms with E-state index in [1.165, 1.54) is 10.4 Å². The number of nitrogens with two attached hydrogens (primary N) is 1. The van der Waals surface area contributed by atoms with Gasteiger partial charge in [-0.1, -0.05) is 35.9 Å². The maximum Gasteiger partial charge on any atom is 0.250 e. The minimum atomic E-state index is -3.59. The summed E-state index contributed by atoms with van der Waals surface area (Å²) < 4.78 is 27.0. The molecule has 154 valence electrons. The number of halogens is 1. The predicted molar refractivity (Wildman–Crippen MR) is 112 cm³/mol. The number of rotatable bonds is 6. The Kier molecular flexibility index (Phi) is 6.56. The van der Waals surface area contributed by atoms with Gasteiger partial charge in [-0.2, -0.15) is 0 Å². The summed E-state index contributed by atoms with van der Waals surface area (Å²) in [6.45, 7) is 0.456. The zero-order chi connectivity index (χ0) is 21.0. The van der Waals surface area contributed by atoms with Gasteiger partial charge in [0.05, 0.1) is 22.9 Å². The molecular weight excluding hydrogens is 414 g/mol. The number of carbonyl (C=O) groups is 2. The monoisotopic (exact) mass is 435 g/mol. The van der Waals surface area contributed by atoms with Crippen LogP contribution in [0.5, 0.6) is 0 Å². The molecule has 0 saturated carbocycles. The minimum absolute atomic E-state index is 0.0907. The summed E-state index contributed by atoms with van der Waals surface area (Å²) in [7, 11) is -3.59. The molecule has 1 aliphatic heterocycles. The molecule has 3 rings (SSSR count). The summed E-state index contributed by atoms with van der Waals surface area (Å²) >= 11 is 5.94. The Labute approximate surface area is 174 Å². The van der Waals surface area contributed by atoms with Gasteiger partial charge in [0, 0.05) is 18.1 Å². The predicted octanol–water partition coefficient (Wildman–Crippen LogP) is 2.62. The number of anilines is 1. The van der Waals surface area contributed by atoms with E-state index in [0.717, 1.165) is 0 Å². The molecule has 0 bridgehead atoms. The van der Waals surface area contributed by atoms with E-state index in [9.17, 15) is 18.0 Å². The van der Waals surface area contributed by atoms with Gasteiger partial charge in [-0.05, 0) is 42.7 Å². The van der Waals surface area contributed by atoms with Crippen LogP contribution in [0.2, 0.25) is 5.02 Å². The van der Waals surface area contributed by atoms with Gasteiger partial charge in [-0.15, -0.1) is 0 Å². The van der Waals surface area contributed by atoms with Crippen LogP contribution in [-0.4, -0.2) is 37.6 Å². The largest absolute Gasteiger partial charge is 0.366 e. The van der Waals surface area contributed by atoms with Crippen molar-refractivity contribution in [3.8, 4) is 0 Å². The van der Waals surface area contributed by atoms with E-state index >= 15 is 0 Å². The van der Waals surface area contributed by atoms with Crippen molar-refractivity contribution in [2.24, 2.45) is 11.7 Å². The fourth-order valence-electron chi connectivity index (χ4n) is 3.38. The van der Waals surface area contributed by atoms with Crippen LogP contribution in [0.15, 0.2) is 48.5 Å². The van der Waals surface area contributed by atoms with Gasteiger partial charge >= 0.3 is 0 Å². The molecule has 1 atom stereocenters. The van der Waals surface area contributed by atoms with Gasteiger partial charge < -0.3 is 11.1 Å². The van der Waals surface area contributed by atoms with Gasteiger partial charge in [0.15, 0.2) is 0 Å². The smallest absolute Gasteiger partial charge is 0.250 e. The van der Waals surface area contributed by atoms with Crippen molar-refractivity contribution in [3.63, 3.8) is 0 Å². The first kappa shape index (κ1) is 21.3. The van der Waals surface area contributed by atoms with Crippen LogP contribution in [0.3, 0.4) is 0 Å². The Balaban J connectivity index is 1.70. The highest BCUT2D eigenvalue weighted by Crippen LogP contribution is 2.24. The normalized spacial score (nSPS) is 17.6. The molecule has 1 heterocycles. The van der Waals surface area contributed by atoms with E-state index in [0.29, 0.717) is 35.7 Å². The number of para-hydroxylation sites is 1. The highest BCUT2D eigenvalue weighted by molar-refractivity contribution is 7.88. The molecule has 1 aliphatic rings. The molecular formula is C20H22ClN3O4S. The Morgan fingerprint density at radius 3 is 2.66 bits per heavy atom. The summed E-state index contributed by atoms with van der Waals surface area (Å²) in [6.07, 6.45) is 1.14. The lowest BCUT2D eigenvalue weighted by atomic mass is 9.98. The third kappa shape index (κ3) is 5.35. The fourth-order valence-corrected chi connectivity index (χ4v) is 5.19. The molecule has 29 heavy (non-hydrogen) atoms. The number of carbonyl (C=O) groups excluding carboxylic acids is 2. The number of nitrogens with one attached hydrogen (secondary N) is 1. The van der Waals surface area contributed by atoms with Crippen molar-refractivity contribution in [1.29, 1.82) is 0 Å². The van der Waals surface area contributed by atoms with Crippen LogP contribution in [0.4, 0.5) is 5.69 Å². The van der Waals surface area contributed by atoms with E-state index in [1.54, 1.807) is 42.5 Å². The number of piperidine rings is 1. The lowest BCUT2D eigenvalue weighted by Crippen LogP contribution is -2.44. The standard InChI is InChI=1S/C20H22ClN3O4S/c21-16-7-3-5-14(11-16)13-29(27,28)24-10-4-6-15(12-24)20(26)23-18-9-2-1-8-17(18)19(22)25/h1-3,5,7-9,11,15H,4,6,10,12-13H2,(H2,22,25)(H,23,26)/t15-/m0/s1. The molecule has 7 nitrogen and oxygen atoms in total. The first-order valence-electron chi connectivity index (χ1n) is 9.18. The number of primary amides is 1. The molecule has 2 aromatic rings. The lowest BCUT2D eigenvalue weighted by molar-refractivity contribution is -0.120. The van der Waals surface area contributed by atoms with Gasteiger partial charge in [0.25, 0.3) is 5.91 Å². The molecule has 0 aliphatic carbocycles. The SMILES string of the molecule is NC(=O)c1ccccc1NC(=O)[C@H]1CCCN(S(=O)(=O)Cc2cccc(Cl)c2)C1. The maximum atomic E-state index is 12.8. The van der Waals surface area contributed by atoms with Crippen molar-refractivity contribution >= 4 is 39.1 Å². The lowest BCUT2D eigenvalue weighted by Gasteiger charge is -2.31. The molecule has 1 saturated heterocycles. The molecule has 9 heteroatoms. The number of benzene rings is 2. The van der Waals surface area contributed by atoms with Crippen molar-refractivity contribution in [3.05, 3.63) is 64.7 Å². The average Bonchev–Trinajstić information content (AvgIpc) is 2.68. The van der Waals surface area contributed by atoms with Crippen molar-refractivity contribution in [2.45, 2.75) is 18.6 Å². The zero-order valence-corrected chi connectivity index (χ0v) is 17.2. The van der Waals surface area contributed by atoms with Crippen LogP contribution >= 0.6 is 11.6 Å². The average molecular weight is 436 g/mol. The molecule has 0 radical (unpaired) electrons. The second-order valence-electron chi connectivity index (χ2n) is 6.98. The van der Waals surface area contributed by atoms with Crippen LogP contribution in [-0.2, 0) is 20.6 Å². The molecule has 0 aromatic heterocycles. The number of nitrogens with zero attached hydrogens (tertiary/aromatic N) is 1. The van der Waals surface area contributed by atoms with Crippen molar-refractivity contribution in [2.75, 3.05) is 18.4 Å². The van der Waals surface area contributed by atoms with Crippen LogP contribution < -0.4 is 11.1 Å². The van der Waals surface area contributed by atoms with Gasteiger partial charge in [-0.3, -0.25) is 9.59 Å². The maximum absolute atomic E-state index is 12.8. The molecule has 3 N–H and O–H groups in total. The van der Waals surface area contributed by atoms with Gasteiger partial charge in [0.2, 0.25) is 15.9 Å². The van der Waals surface area contributed by atoms with Crippen LogP contribution in [0.1, 0.15) is 28.8 Å². The van der Waals surface area contributed by atoms with E-state index in [1.807, 2.05) is 0 Å². The summed E-state index contributed by atoms with van der Waals surface area (Å²) in [5.41, 5.74) is 6.47. The van der Waals surface area contributed by atoms with E-state index in [4.69, 9.17) is 17.3 Å². The van der Waals surface area contributed by atoms with E-state index in [2.05, 4.69) is 5.32 Å². The highest BCUT2D eigenvalue weighted by Gasteiger charge is 2.32. The molecule has 0 spiro atoms. The first-order valence-corrected chi connectivity index (χ1v) is 11.2. The van der Waals surface area contributed by atoms with Crippen LogP contribution in [0.25, 0.3) is 0 Å². The second-order valence-corrected chi connectivity index (χ2v) is 9.39. The summed E-state index contributed by atoms with van der Waals surface area (Å²) in [6, 6.07) is 13.2. The summed E-state index contributed by atoms with van der Waals surface area (Å²) in [5.74, 6) is -1.66. The molecule has 2 amide bonds. The molecule has 1 fully saturated rings. The third-order valence-corrected chi connectivity index (χ3v) is 6.89. The molecule has 2 aromatic carbocycles. The van der Waals surface area contributed by atoms with Gasteiger partial charge in [-0.25, -0.2) is 12.7 Å². The van der Waals surface area contributed by atoms with Crippen molar-refractivity contribution in [1.82, 2.24) is 4.31 Å². The minimum Gasteiger partial charge on any atom is -0.366 e. The van der Waals surface area contributed by atoms with Crippen LogP contribution in [0, 0.1) is 5.92 Å². The zero-order valence-electron chi connectivity index (χ0n) is 15.7. The summed E-state index contributed by atoms with van der Waals surface area (Å²) in [5, 5.41) is 3.19. The fraction of sp³-hybridized carbons (Fsp3) is 0.300. The number of hydrogen-bond donors (Lipinski definition) is 2. The Morgan fingerprint density at radius 1 is 1.17 bits per heavy atom. The molecule has 0 unspecified atom stereocenters. The van der Waals surface area contributed by atoms with E-state index < -0.39 is 21.8 Å². The first-order chi connectivity index (χ1) is 13.8. The number of sulfonamides is 1. The number of hydrogen-bond acceptors (Lipinski definition) is 4. The third-order valence-electron chi connectivity index (χ3n) is 4.84. The topological polar surface area (TPSA) is 110 Å².